The maximum absolute atomic E-state index is 12.4. The predicted molar refractivity (Wildman–Crippen MR) is 71.6 cm³/mol. The molecular formula is C15H12F2NO4. The molecule has 0 unspecified atom stereocenters. The van der Waals surface area contributed by atoms with Crippen LogP contribution < -0.4 is 9.47 Å². The Kier molecular flexibility index (Phi) is 4.04. The minimum Gasteiger partial charge on any atom is -0.489 e. The van der Waals surface area contributed by atoms with E-state index in [1.54, 1.807) is 6.29 Å². The van der Waals surface area contributed by atoms with Crippen molar-refractivity contribution in [2.24, 2.45) is 5.92 Å². The normalized spacial score (nSPS) is 14.1. The molecule has 1 aliphatic carbocycles. The Morgan fingerprint density at radius 2 is 2.18 bits per heavy atom. The van der Waals surface area contributed by atoms with Gasteiger partial charge in [-0.05, 0) is 37.0 Å². The van der Waals surface area contributed by atoms with Gasteiger partial charge in [-0.1, -0.05) is 0 Å². The van der Waals surface area contributed by atoms with E-state index in [0.29, 0.717) is 18.1 Å². The molecule has 0 amide bonds. The molecule has 0 saturated heterocycles. The lowest BCUT2D eigenvalue weighted by Gasteiger charge is -2.12. The fourth-order valence-electron chi connectivity index (χ4n) is 1.89. The molecule has 0 bridgehead atoms. The largest absolute Gasteiger partial charge is 0.489 e. The lowest BCUT2D eigenvalue weighted by atomic mass is 10.2. The third-order valence-corrected chi connectivity index (χ3v) is 3.19. The molecule has 1 aromatic carbocycles. The summed E-state index contributed by atoms with van der Waals surface area (Å²) in [6, 6.07) is 4.36. The van der Waals surface area contributed by atoms with Gasteiger partial charge in [-0.15, -0.1) is 0 Å². The van der Waals surface area contributed by atoms with Crippen LogP contribution in [0, 0.1) is 5.92 Å². The molecule has 0 atom stereocenters. The van der Waals surface area contributed by atoms with Crippen molar-refractivity contribution in [3.8, 4) is 23.0 Å². The molecule has 1 heterocycles. The highest BCUT2D eigenvalue weighted by Crippen LogP contribution is 2.36. The summed E-state index contributed by atoms with van der Waals surface area (Å²) in [5.74, 6) is 0.784. The first-order valence-corrected chi connectivity index (χ1v) is 6.71. The number of hydrogen-bond acceptors (Lipinski definition) is 5. The highest BCUT2D eigenvalue weighted by Gasteiger charge is 2.23. The highest BCUT2D eigenvalue weighted by atomic mass is 19.3. The summed E-state index contributed by atoms with van der Waals surface area (Å²) in [7, 11) is 0. The third-order valence-electron chi connectivity index (χ3n) is 3.19. The molecule has 1 fully saturated rings. The highest BCUT2D eigenvalue weighted by molar-refractivity contribution is 5.73. The summed E-state index contributed by atoms with van der Waals surface area (Å²) < 4.78 is 40.0. The van der Waals surface area contributed by atoms with Gasteiger partial charge in [0.05, 0.1) is 6.61 Å². The number of hydrogen-bond donors (Lipinski definition) is 0. The summed E-state index contributed by atoms with van der Waals surface area (Å²) >= 11 is 0. The molecule has 22 heavy (non-hydrogen) atoms. The van der Waals surface area contributed by atoms with E-state index in [2.05, 4.69) is 9.72 Å². The summed E-state index contributed by atoms with van der Waals surface area (Å²) in [6.45, 7) is -2.49. The molecule has 7 heteroatoms. The van der Waals surface area contributed by atoms with E-state index >= 15 is 0 Å². The van der Waals surface area contributed by atoms with Crippen LogP contribution in [0.1, 0.15) is 18.5 Å². The SMILES string of the molecule is O=[C]c1coc(-c2ccc(OC(F)F)c(OCC3CC3)c2)n1. The second-order valence-corrected chi connectivity index (χ2v) is 4.93. The molecule has 1 saturated carbocycles. The maximum atomic E-state index is 12.4. The first-order valence-electron chi connectivity index (χ1n) is 6.71. The van der Waals surface area contributed by atoms with Gasteiger partial charge in [-0.2, -0.15) is 8.78 Å². The number of aromatic nitrogens is 1. The van der Waals surface area contributed by atoms with E-state index < -0.39 is 6.61 Å². The molecular weight excluding hydrogens is 296 g/mol. The molecule has 0 spiro atoms. The number of carbonyl (C=O) groups excluding carboxylic acids is 1. The zero-order valence-electron chi connectivity index (χ0n) is 11.4. The lowest BCUT2D eigenvalue weighted by Crippen LogP contribution is -2.06. The molecule has 1 aliphatic rings. The number of rotatable bonds is 7. The van der Waals surface area contributed by atoms with Crippen molar-refractivity contribution in [3.63, 3.8) is 0 Å². The molecule has 0 N–H and O–H groups in total. The van der Waals surface area contributed by atoms with Crippen molar-refractivity contribution in [2.45, 2.75) is 19.5 Å². The van der Waals surface area contributed by atoms with E-state index in [1.165, 1.54) is 18.2 Å². The molecule has 2 aromatic rings. The van der Waals surface area contributed by atoms with E-state index in [0.717, 1.165) is 19.1 Å². The lowest BCUT2D eigenvalue weighted by molar-refractivity contribution is -0.0515. The topological polar surface area (TPSA) is 61.6 Å². The van der Waals surface area contributed by atoms with Gasteiger partial charge in [-0.25, -0.2) is 4.98 Å². The molecule has 1 radical (unpaired) electrons. The zero-order chi connectivity index (χ0) is 15.5. The summed E-state index contributed by atoms with van der Waals surface area (Å²) in [4.78, 5) is 14.4. The van der Waals surface area contributed by atoms with Gasteiger partial charge in [0, 0.05) is 5.56 Å². The van der Waals surface area contributed by atoms with E-state index in [4.69, 9.17) is 9.15 Å². The number of halogens is 2. The Balaban J connectivity index is 1.86. The van der Waals surface area contributed by atoms with Crippen LogP contribution in [-0.4, -0.2) is 24.5 Å². The Labute approximate surface area is 124 Å². The van der Waals surface area contributed by atoms with Crippen LogP contribution in [0.25, 0.3) is 11.5 Å². The van der Waals surface area contributed by atoms with Gasteiger partial charge in [0.2, 0.25) is 5.89 Å². The molecule has 5 nitrogen and oxygen atoms in total. The van der Waals surface area contributed by atoms with Crippen LogP contribution in [0.15, 0.2) is 28.9 Å². The van der Waals surface area contributed by atoms with Gasteiger partial charge in [-0.3, -0.25) is 4.79 Å². The van der Waals surface area contributed by atoms with Crippen molar-refractivity contribution >= 4 is 6.29 Å². The minimum absolute atomic E-state index is 0.0309. The van der Waals surface area contributed by atoms with Gasteiger partial charge in [0.25, 0.3) is 6.29 Å². The standard InChI is InChI=1S/C15H12F2NO4/c16-15(17)22-12-4-3-10(14-18-11(6-19)8-21-14)5-13(12)20-7-9-1-2-9/h3-5,8-9,15H,1-2,7H2. The van der Waals surface area contributed by atoms with Crippen LogP contribution in [0.5, 0.6) is 11.5 Å². The molecule has 3 rings (SSSR count). The Morgan fingerprint density at radius 1 is 1.36 bits per heavy atom. The van der Waals surface area contributed by atoms with Crippen molar-refractivity contribution in [1.29, 1.82) is 0 Å². The van der Waals surface area contributed by atoms with Crippen LogP contribution in [0.3, 0.4) is 0 Å². The van der Waals surface area contributed by atoms with Crippen LogP contribution in [0.4, 0.5) is 8.78 Å². The van der Waals surface area contributed by atoms with Crippen molar-refractivity contribution in [3.05, 3.63) is 30.2 Å². The minimum atomic E-state index is -2.94. The second kappa shape index (κ2) is 6.13. The molecule has 1 aromatic heterocycles. The Bertz CT molecular complexity index is 667. The first-order chi connectivity index (χ1) is 10.7. The van der Waals surface area contributed by atoms with Crippen molar-refractivity contribution in [1.82, 2.24) is 4.98 Å². The predicted octanol–water partition coefficient (Wildman–Crippen LogP) is 3.19. The monoisotopic (exact) mass is 308 g/mol. The third kappa shape index (κ3) is 3.41. The summed E-state index contributed by atoms with van der Waals surface area (Å²) in [5, 5.41) is 0. The van der Waals surface area contributed by atoms with Crippen LogP contribution in [0.2, 0.25) is 0 Å². The molecule has 0 aliphatic heterocycles. The number of oxazole rings is 1. The second-order valence-electron chi connectivity index (χ2n) is 4.93. The van der Waals surface area contributed by atoms with E-state index in [-0.39, 0.29) is 23.1 Å². The zero-order valence-corrected chi connectivity index (χ0v) is 11.4. The maximum Gasteiger partial charge on any atom is 0.387 e. The molecule has 115 valence electrons. The van der Waals surface area contributed by atoms with Crippen LogP contribution >= 0.6 is 0 Å². The van der Waals surface area contributed by atoms with E-state index in [1.807, 2.05) is 0 Å². The Hall–Kier alpha value is -2.44. The number of benzene rings is 1. The van der Waals surface area contributed by atoms with E-state index in [9.17, 15) is 13.6 Å². The van der Waals surface area contributed by atoms with Crippen LogP contribution in [-0.2, 0) is 4.79 Å². The number of alkyl halides is 2. The fraction of sp³-hybridized carbons (Fsp3) is 0.333. The number of nitrogens with zero attached hydrogens (tertiary/aromatic N) is 1. The average molecular weight is 308 g/mol. The summed E-state index contributed by atoms with van der Waals surface area (Å²) in [5.41, 5.74) is 0.525. The van der Waals surface area contributed by atoms with Crippen molar-refractivity contribution in [2.75, 3.05) is 6.61 Å². The number of ether oxygens (including phenoxy) is 2. The quantitative estimate of drug-likeness (QED) is 0.786. The van der Waals surface area contributed by atoms with Gasteiger partial charge in [0.1, 0.15) is 6.26 Å². The average Bonchev–Trinajstić information content (AvgIpc) is 3.20. The van der Waals surface area contributed by atoms with Gasteiger partial charge in [0.15, 0.2) is 17.2 Å². The van der Waals surface area contributed by atoms with Crippen molar-refractivity contribution < 1.29 is 27.5 Å². The summed E-state index contributed by atoms with van der Waals surface area (Å²) in [6.07, 6.45) is 4.92. The first kappa shape index (κ1) is 14.5. The van der Waals surface area contributed by atoms with Gasteiger partial charge < -0.3 is 13.9 Å². The Morgan fingerprint density at radius 3 is 2.82 bits per heavy atom. The smallest absolute Gasteiger partial charge is 0.387 e. The fourth-order valence-corrected chi connectivity index (χ4v) is 1.89. The van der Waals surface area contributed by atoms with Gasteiger partial charge >= 0.3 is 6.61 Å².